The molecule has 0 aliphatic carbocycles. The molecule has 106 valence electrons. The van der Waals surface area contributed by atoms with Gasteiger partial charge in [0, 0.05) is 12.1 Å². The summed E-state index contributed by atoms with van der Waals surface area (Å²) in [6.07, 6.45) is 0. The highest BCUT2D eigenvalue weighted by Crippen LogP contribution is 2.37. The van der Waals surface area contributed by atoms with E-state index in [4.69, 9.17) is 10.5 Å². The first kappa shape index (κ1) is 14.0. The normalized spacial score (nSPS) is 10.8. The van der Waals surface area contributed by atoms with Crippen LogP contribution in [-0.4, -0.2) is 0 Å². The van der Waals surface area contributed by atoms with Crippen molar-refractivity contribution < 1.29 is 9.13 Å². The lowest BCUT2D eigenvalue weighted by atomic mass is 10.1. The van der Waals surface area contributed by atoms with Crippen molar-refractivity contribution in [2.24, 2.45) is 5.73 Å². The summed E-state index contributed by atoms with van der Waals surface area (Å²) < 4.78 is 20.4. The second-order valence-electron chi connectivity index (χ2n) is 4.62. The van der Waals surface area contributed by atoms with Crippen LogP contribution in [0.4, 0.5) is 4.39 Å². The summed E-state index contributed by atoms with van der Waals surface area (Å²) in [7, 11) is 0. The fourth-order valence-electron chi connectivity index (χ4n) is 2.24. The Bertz CT molecular complexity index is 804. The predicted molar refractivity (Wildman–Crippen MR) is 86.0 cm³/mol. The van der Waals surface area contributed by atoms with Gasteiger partial charge in [-0.25, -0.2) is 4.39 Å². The molecule has 0 aromatic heterocycles. The van der Waals surface area contributed by atoms with Gasteiger partial charge in [0.05, 0.1) is 4.47 Å². The number of hydrogen-bond acceptors (Lipinski definition) is 2. The van der Waals surface area contributed by atoms with E-state index in [1.54, 1.807) is 12.1 Å². The highest BCUT2D eigenvalue weighted by molar-refractivity contribution is 9.10. The molecule has 0 heterocycles. The Balaban J connectivity index is 2.07. The summed E-state index contributed by atoms with van der Waals surface area (Å²) in [4.78, 5) is 0. The Kier molecular flexibility index (Phi) is 3.90. The number of halogens is 2. The SMILES string of the molecule is NCc1c(F)cccc1Oc1ccc2ccccc2c1Br. The minimum Gasteiger partial charge on any atom is -0.456 e. The summed E-state index contributed by atoms with van der Waals surface area (Å²) in [5.74, 6) is 0.717. The van der Waals surface area contributed by atoms with E-state index in [1.807, 2.05) is 36.4 Å². The first-order valence-corrected chi connectivity index (χ1v) is 7.32. The van der Waals surface area contributed by atoms with Gasteiger partial charge in [-0.05, 0) is 44.9 Å². The van der Waals surface area contributed by atoms with Crippen LogP contribution in [-0.2, 0) is 6.54 Å². The molecule has 0 saturated heterocycles. The summed E-state index contributed by atoms with van der Waals surface area (Å²) in [6.45, 7) is 0.0905. The smallest absolute Gasteiger partial charge is 0.142 e. The lowest BCUT2D eigenvalue weighted by Crippen LogP contribution is -2.02. The number of benzene rings is 3. The van der Waals surface area contributed by atoms with Crippen LogP contribution in [0.2, 0.25) is 0 Å². The molecule has 4 heteroatoms. The van der Waals surface area contributed by atoms with Crippen molar-refractivity contribution in [2.75, 3.05) is 0 Å². The zero-order chi connectivity index (χ0) is 14.8. The van der Waals surface area contributed by atoms with Crippen molar-refractivity contribution in [3.63, 3.8) is 0 Å². The van der Waals surface area contributed by atoms with E-state index in [1.165, 1.54) is 6.07 Å². The minimum absolute atomic E-state index is 0.0905. The Labute approximate surface area is 130 Å². The summed E-state index contributed by atoms with van der Waals surface area (Å²) in [6, 6.07) is 16.5. The lowest BCUT2D eigenvalue weighted by molar-refractivity contribution is 0.465. The van der Waals surface area contributed by atoms with Gasteiger partial charge in [-0.15, -0.1) is 0 Å². The molecule has 2 N–H and O–H groups in total. The maximum atomic E-state index is 13.7. The maximum Gasteiger partial charge on any atom is 0.142 e. The highest BCUT2D eigenvalue weighted by Gasteiger charge is 2.12. The van der Waals surface area contributed by atoms with Crippen molar-refractivity contribution in [1.82, 2.24) is 0 Å². The van der Waals surface area contributed by atoms with Crippen LogP contribution in [0.3, 0.4) is 0 Å². The molecule has 0 radical (unpaired) electrons. The Hall–Kier alpha value is -1.91. The third kappa shape index (κ3) is 2.64. The third-order valence-corrected chi connectivity index (χ3v) is 4.15. The largest absolute Gasteiger partial charge is 0.456 e. The topological polar surface area (TPSA) is 35.2 Å². The molecule has 0 atom stereocenters. The number of hydrogen-bond donors (Lipinski definition) is 1. The molecule has 0 fully saturated rings. The number of ether oxygens (including phenoxy) is 1. The first-order valence-electron chi connectivity index (χ1n) is 6.53. The van der Waals surface area contributed by atoms with E-state index in [0.717, 1.165) is 15.2 Å². The first-order chi connectivity index (χ1) is 10.2. The number of rotatable bonds is 3. The van der Waals surface area contributed by atoms with Gasteiger partial charge in [0.2, 0.25) is 0 Å². The zero-order valence-electron chi connectivity index (χ0n) is 11.1. The monoisotopic (exact) mass is 345 g/mol. The fourth-order valence-corrected chi connectivity index (χ4v) is 2.82. The second kappa shape index (κ2) is 5.84. The molecule has 3 aromatic carbocycles. The highest BCUT2D eigenvalue weighted by atomic mass is 79.9. The predicted octanol–water partition coefficient (Wildman–Crippen LogP) is 4.99. The molecule has 0 spiro atoms. The molecule has 3 aromatic rings. The Morgan fingerprint density at radius 3 is 2.57 bits per heavy atom. The Morgan fingerprint density at radius 1 is 0.952 bits per heavy atom. The standard InChI is InChI=1S/C17H13BrFNO/c18-17-12-5-2-1-4-11(12)8-9-16(17)21-15-7-3-6-14(19)13(15)10-20/h1-9H,10,20H2. The van der Waals surface area contributed by atoms with Crippen molar-refractivity contribution in [1.29, 1.82) is 0 Å². The number of nitrogens with two attached hydrogens (primary N) is 1. The Morgan fingerprint density at radius 2 is 1.76 bits per heavy atom. The average molecular weight is 346 g/mol. The van der Waals surface area contributed by atoms with Gasteiger partial charge < -0.3 is 10.5 Å². The number of fused-ring (bicyclic) bond motifs is 1. The maximum absolute atomic E-state index is 13.7. The molecule has 0 bridgehead atoms. The van der Waals surface area contributed by atoms with Crippen molar-refractivity contribution in [3.8, 4) is 11.5 Å². The van der Waals surface area contributed by atoms with Crippen molar-refractivity contribution in [2.45, 2.75) is 6.54 Å². The van der Waals surface area contributed by atoms with Gasteiger partial charge in [-0.1, -0.05) is 36.4 Å². The van der Waals surface area contributed by atoms with Gasteiger partial charge in [-0.2, -0.15) is 0 Å². The van der Waals surface area contributed by atoms with Crippen LogP contribution < -0.4 is 10.5 Å². The van der Waals surface area contributed by atoms with E-state index < -0.39 is 0 Å². The second-order valence-corrected chi connectivity index (χ2v) is 5.41. The van der Waals surface area contributed by atoms with Gasteiger partial charge in [0.1, 0.15) is 17.3 Å². The van der Waals surface area contributed by atoms with Gasteiger partial charge in [0.25, 0.3) is 0 Å². The summed E-state index contributed by atoms with van der Waals surface area (Å²) in [5.41, 5.74) is 5.97. The van der Waals surface area contributed by atoms with Crippen LogP contribution in [0.25, 0.3) is 10.8 Å². The molecule has 21 heavy (non-hydrogen) atoms. The molecule has 3 rings (SSSR count). The summed E-state index contributed by atoms with van der Waals surface area (Å²) in [5, 5.41) is 2.15. The quantitative estimate of drug-likeness (QED) is 0.725. The molecule has 0 unspecified atom stereocenters. The van der Waals surface area contributed by atoms with E-state index in [2.05, 4.69) is 15.9 Å². The van der Waals surface area contributed by atoms with Crippen molar-refractivity contribution in [3.05, 3.63) is 70.5 Å². The van der Waals surface area contributed by atoms with Gasteiger partial charge in [-0.3, -0.25) is 0 Å². The van der Waals surface area contributed by atoms with E-state index >= 15 is 0 Å². The molecule has 0 aliphatic heterocycles. The van der Waals surface area contributed by atoms with E-state index in [-0.39, 0.29) is 12.4 Å². The van der Waals surface area contributed by atoms with Crippen LogP contribution in [0.5, 0.6) is 11.5 Å². The third-order valence-electron chi connectivity index (χ3n) is 3.33. The molecule has 2 nitrogen and oxygen atoms in total. The lowest BCUT2D eigenvalue weighted by Gasteiger charge is -2.13. The van der Waals surface area contributed by atoms with Crippen molar-refractivity contribution >= 4 is 26.7 Å². The molecule has 0 amide bonds. The van der Waals surface area contributed by atoms with E-state index in [0.29, 0.717) is 17.1 Å². The molecule has 0 aliphatic rings. The average Bonchev–Trinajstić information content (AvgIpc) is 2.50. The summed E-state index contributed by atoms with van der Waals surface area (Å²) >= 11 is 3.55. The van der Waals surface area contributed by atoms with Crippen LogP contribution in [0.1, 0.15) is 5.56 Å². The van der Waals surface area contributed by atoms with E-state index in [9.17, 15) is 4.39 Å². The minimum atomic E-state index is -0.355. The molecule has 0 saturated carbocycles. The van der Waals surface area contributed by atoms with Crippen LogP contribution in [0.15, 0.2) is 59.1 Å². The van der Waals surface area contributed by atoms with Crippen LogP contribution >= 0.6 is 15.9 Å². The molecular formula is C17H13BrFNO. The fraction of sp³-hybridized carbons (Fsp3) is 0.0588. The zero-order valence-corrected chi connectivity index (χ0v) is 12.7. The van der Waals surface area contributed by atoms with Crippen LogP contribution in [0, 0.1) is 5.82 Å². The molecular weight excluding hydrogens is 333 g/mol. The van der Waals surface area contributed by atoms with Gasteiger partial charge in [0.15, 0.2) is 0 Å². The van der Waals surface area contributed by atoms with Gasteiger partial charge >= 0.3 is 0 Å².